The van der Waals surface area contributed by atoms with Crippen molar-refractivity contribution in [3.05, 3.63) is 28.8 Å². The first-order chi connectivity index (χ1) is 7.78. The first-order valence-corrected chi connectivity index (χ1v) is 6.35. The van der Waals surface area contributed by atoms with Crippen molar-refractivity contribution in [1.82, 2.24) is 0 Å². The lowest BCUT2D eigenvalue weighted by Gasteiger charge is -2.33. The van der Waals surface area contributed by atoms with Gasteiger partial charge in [0.05, 0.1) is 0 Å². The summed E-state index contributed by atoms with van der Waals surface area (Å²) in [6.45, 7) is 12.9. The Kier molecular flexibility index (Phi) is 2.74. The van der Waals surface area contributed by atoms with Gasteiger partial charge in [0.1, 0.15) is 6.23 Å². The van der Waals surface area contributed by atoms with Crippen LogP contribution in [-0.2, 0) is 5.41 Å². The summed E-state index contributed by atoms with van der Waals surface area (Å²) in [4.78, 5) is 2.15. The van der Waals surface area contributed by atoms with Gasteiger partial charge < -0.3 is 10.0 Å². The van der Waals surface area contributed by atoms with Crippen molar-refractivity contribution in [2.75, 3.05) is 4.90 Å². The predicted octanol–water partition coefficient (Wildman–Crippen LogP) is 3.13. The molecule has 2 heteroatoms. The van der Waals surface area contributed by atoms with Crippen LogP contribution in [0.25, 0.3) is 0 Å². The van der Waals surface area contributed by atoms with Gasteiger partial charge in [0.2, 0.25) is 0 Å². The Bertz CT molecular complexity index is 448. The molecule has 2 nitrogen and oxygen atoms in total. The highest BCUT2D eigenvalue weighted by atomic mass is 16.3. The van der Waals surface area contributed by atoms with Gasteiger partial charge in [0.15, 0.2) is 0 Å². The summed E-state index contributed by atoms with van der Waals surface area (Å²) >= 11 is 0. The van der Waals surface area contributed by atoms with Crippen molar-refractivity contribution in [2.24, 2.45) is 0 Å². The number of hydrogen-bond acceptors (Lipinski definition) is 2. The quantitative estimate of drug-likeness (QED) is 0.805. The maximum absolute atomic E-state index is 10.0. The molecule has 1 aliphatic heterocycles. The average molecular weight is 233 g/mol. The third-order valence-electron chi connectivity index (χ3n) is 4.35. The summed E-state index contributed by atoms with van der Waals surface area (Å²) < 4.78 is 0. The van der Waals surface area contributed by atoms with Crippen LogP contribution in [0.1, 0.15) is 44.4 Å². The molecule has 1 heterocycles. The minimum Gasteiger partial charge on any atom is -0.374 e. The van der Waals surface area contributed by atoms with E-state index < -0.39 is 6.23 Å². The molecule has 2 rings (SSSR count). The Morgan fingerprint density at radius 1 is 1.24 bits per heavy atom. The summed E-state index contributed by atoms with van der Waals surface area (Å²) in [6, 6.07) is 4.66. The highest BCUT2D eigenvalue weighted by Gasteiger charge is 2.44. The zero-order valence-corrected chi connectivity index (χ0v) is 11.7. The van der Waals surface area contributed by atoms with Gasteiger partial charge in [-0.1, -0.05) is 26.0 Å². The number of benzene rings is 1. The fourth-order valence-corrected chi connectivity index (χ4v) is 3.20. The number of aryl methyl sites for hydroxylation is 2. The second-order valence-corrected chi connectivity index (χ2v) is 5.86. The second kappa shape index (κ2) is 3.74. The topological polar surface area (TPSA) is 23.5 Å². The van der Waals surface area contributed by atoms with Gasteiger partial charge >= 0.3 is 0 Å². The predicted molar refractivity (Wildman–Crippen MR) is 72.6 cm³/mol. The summed E-state index contributed by atoms with van der Waals surface area (Å²) in [6.07, 6.45) is -0.439. The molecular weight excluding hydrogens is 210 g/mol. The molecule has 0 aromatic heterocycles. The number of nitrogens with zero attached hydrogens (tertiary/aromatic N) is 1. The van der Waals surface area contributed by atoms with Gasteiger partial charge in [-0.2, -0.15) is 0 Å². The smallest absolute Gasteiger partial charge is 0.124 e. The standard InChI is InChI=1S/C15H23NO/c1-9-7-8-10(2)14-13(9)15(5,6)11(3)16(14)12(4)17/h7-8,11-12,17H,1-6H3. The molecule has 0 amide bonds. The van der Waals surface area contributed by atoms with E-state index in [0.29, 0.717) is 6.04 Å². The van der Waals surface area contributed by atoms with Crippen LogP contribution in [0.3, 0.4) is 0 Å². The Labute approximate surface area is 104 Å². The first-order valence-electron chi connectivity index (χ1n) is 6.35. The molecule has 1 aliphatic rings. The summed E-state index contributed by atoms with van der Waals surface area (Å²) in [7, 11) is 0. The van der Waals surface area contributed by atoms with Crippen molar-refractivity contribution < 1.29 is 5.11 Å². The zero-order chi connectivity index (χ0) is 13.0. The first kappa shape index (κ1) is 12.4. The zero-order valence-electron chi connectivity index (χ0n) is 11.7. The molecule has 1 aromatic rings. The molecule has 0 aliphatic carbocycles. The van der Waals surface area contributed by atoms with Crippen LogP contribution in [0.4, 0.5) is 5.69 Å². The molecule has 94 valence electrons. The van der Waals surface area contributed by atoms with Crippen molar-refractivity contribution in [1.29, 1.82) is 0 Å². The number of aliphatic hydroxyl groups excluding tert-OH is 1. The van der Waals surface area contributed by atoms with E-state index in [1.807, 2.05) is 6.92 Å². The Morgan fingerprint density at radius 2 is 1.76 bits per heavy atom. The van der Waals surface area contributed by atoms with Crippen molar-refractivity contribution in [3.8, 4) is 0 Å². The highest BCUT2D eigenvalue weighted by Crippen LogP contribution is 2.48. The van der Waals surface area contributed by atoms with Crippen LogP contribution in [0.2, 0.25) is 0 Å². The van der Waals surface area contributed by atoms with Crippen molar-refractivity contribution in [3.63, 3.8) is 0 Å². The van der Waals surface area contributed by atoms with Crippen LogP contribution in [-0.4, -0.2) is 17.4 Å². The molecule has 0 radical (unpaired) electrons. The van der Waals surface area contributed by atoms with E-state index in [-0.39, 0.29) is 5.41 Å². The Hall–Kier alpha value is -1.02. The molecule has 17 heavy (non-hydrogen) atoms. The molecule has 0 fully saturated rings. The molecule has 0 spiro atoms. The number of anilines is 1. The van der Waals surface area contributed by atoms with Crippen LogP contribution >= 0.6 is 0 Å². The molecule has 2 unspecified atom stereocenters. The van der Waals surface area contributed by atoms with Gasteiger partial charge in [0.25, 0.3) is 0 Å². The molecule has 1 aromatic carbocycles. The van der Waals surface area contributed by atoms with Crippen LogP contribution in [0.15, 0.2) is 12.1 Å². The average Bonchev–Trinajstić information content (AvgIpc) is 2.43. The highest BCUT2D eigenvalue weighted by molar-refractivity contribution is 5.70. The minimum atomic E-state index is -0.439. The second-order valence-electron chi connectivity index (χ2n) is 5.86. The third-order valence-corrected chi connectivity index (χ3v) is 4.35. The largest absolute Gasteiger partial charge is 0.374 e. The normalized spacial score (nSPS) is 23.7. The van der Waals surface area contributed by atoms with E-state index in [9.17, 15) is 5.11 Å². The molecule has 0 saturated carbocycles. The van der Waals surface area contributed by atoms with E-state index in [0.717, 1.165) is 0 Å². The SMILES string of the molecule is Cc1ccc(C)c2c1N(C(C)O)C(C)C2(C)C. The monoisotopic (exact) mass is 233 g/mol. The number of hydrogen-bond donors (Lipinski definition) is 1. The van der Waals surface area contributed by atoms with E-state index in [1.54, 1.807) is 0 Å². The van der Waals surface area contributed by atoms with Gasteiger partial charge in [-0.3, -0.25) is 0 Å². The molecule has 1 N–H and O–H groups in total. The molecular formula is C15H23NO. The minimum absolute atomic E-state index is 0.0857. The molecule has 0 saturated heterocycles. The van der Waals surface area contributed by atoms with E-state index in [4.69, 9.17) is 0 Å². The van der Waals surface area contributed by atoms with Gasteiger partial charge in [-0.05, 0) is 44.4 Å². The van der Waals surface area contributed by atoms with Gasteiger partial charge in [0, 0.05) is 17.1 Å². The molecule has 2 atom stereocenters. The van der Waals surface area contributed by atoms with Crippen LogP contribution < -0.4 is 4.90 Å². The van der Waals surface area contributed by atoms with Crippen LogP contribution in [0, 0.1) is 13.8 Å². The molecule has 0 bridgehead atoms. The van der Waals surface area contributed by atoms with E-state index >= 15 is 0 Å². The fourth-order valence-electron chi connectivity index (χ4n) is 3.20. The lowest BCUT2D eigenvalue weighted by Crippen LogP contribution is -2.44. The lowest BCUT2D eigenvalue weighted by atomic mass is 9.79. The number of rotatable bonds is 1. The maximum Gasteiger partial charge on any atom is 0.124 e. The van der Waals surface area contributed by atoms with E-state index in [2.05, 4.69) is 51.7 Å². The van der Waals surface area contributed by atoms with Crippen molar-refractivity contribution in [2.45, 2.75) is 59.2 Å². The van der Waals surface area contributed by atoms with Crippen molar-refractivity contribution >= 4 is 5.69 Å². The summed E-state index contributed by atoms with van der Waals surface area (Å²) in [5, 5.41) is 10.0. The Balaban J connectivity index is 2.74. The van der Waals surface area contributed by atoms with Gasteiger partial charge in [-0.15, -0.1) is 0 Å². The Morgan fingerprint density at radius 3 is 2.29 bits per heavy atom. The maximum atomic E-state index is 10.0. The van der Waals surface area contributed by atoms with Gasteiger partial charge in [-0.25, -0.2) is 0 Å². The summed E-state index contributed by atoms with van der Waals surface area (Å²) in [5.74, 6) is 0. The number of fused-ring (bicyclic) bond motifs is 1. The summed E-state index contributed by atoms with van der Waals surface area (Å²) in [5.41, 5.74) is 5.29. The lowest BCUT2D eigenvalue weighted by molar-refractivity contribution is 0.173. The van der Waals surface area contributed by atoms with E-state index in [1.165, 1.54) is 22.4 Å². The number of aliphatic hydroxyl groups is 1. The third kappa shape index (κ3) is 1.58. The van der Waals surface area contributed by atoms with Crippen LogP contribution in [0.5, 0.6) is 0 Å². The fraction of sp³-hybridized carbons (Fsp3) is 0.600.